The first-order valence-corrected chi connectivity index (χ1v) is 3.91. The Balaban J connectivity index is 2.86. The van der Waals surface area contributed by atoms with Gasteiger partial charge in [-0.3, -0.25) is 4.79 Å². The minimum atomic E-state index is -0.921. The molecule has 1 rings (SSSR count). The summed E-state index contributed by atoms with van der Waals surface area (Å²) < 4.78 is 1.74. The fourth-order valence-electron chi connectivity index (χ4n) is 1.11. The van der Waals surface area contributed by atoms with Crippen LogP contribution in [0.25, 0.3) is 0 Å². The first-order chi connectivity index (χ1) is 5.92. The summed E-state index contributed by atoms with van der Waals surface area (Å²) in [5, 5.41) is 8.60. The smallest absolute Gasteiger partial charge is 0.305 e. The molecule has 13 heavy (non-hydrogen) atoms. The molecule has 0 aliphatic heterocycles. The Morgan fingerprint density at radius 1 is 1.85 bits per heavy atom. The van der Waals surface area contributed by atoms with Crippen LogP contribution in [0.3, 0.4) is 0 Å². The first-order valence-electron chi connectivity index (χ1n) is 3.91. The number of carboxylic acid groups (broad SMARTS) is 1. The third-order valence-electron chi connectivity index (χ3n) is 1.81. The van der Waals surface area contributed by atoms with Crippen LogP contribution in [0.1, 0.15) is 19.0 Å². The van der Waals surface area contributed by atoms with Crippen LogP contribution in [0.4, 0.5) is 0 Å². The molecular weight excluding hydrogens is 170 g/mol. The molecule has 0 radical (unpaired) electrons. The van der Waals surface area contributed by atoms with Gasteiger partial charge in [-0.2, -0.15) is 0 Å². The van der Waals surface area contributed by atoms with Gasteiger partial charge in [0.2, 0.25) is 0 Å². The third-order valence-corrected chi connectivity index (χ3v) is 1.81. The normalized spacial score (nSPS) is 15.3. The number of carbonyl (C=O) groups is 1. The lowest BCUT2D eigenvalue weighted by molar-refractivity contribution is -0.138. The summed E-state index contributed by atoms with van der Waals surface area (Å²) in [6.07, 6.45) is 3.20. The van der Waals surface area contributed by atoms with Gasteiger partial charge < -0.3 is 15.4 Å². The van der Waals surface area contributed by atoms with Crippen molar-refractivity contribution in [3.05, 3.63) is 18.2 Å². The van der Waals surface area contributed by atoms with E-state index in [1.54, 1.807) is 24.0 Å². The summed E-state index contributed by atoms with van der Waals surface area (Å²) in [5.41, 5.74) is 5.49. The standard InChI is InChI=1S/C8H13N3O2/c1-8(9,3-7(12)13)6-4-11(2)5-10-6/h4-5H,3,9H2,1-2H3,(H,12,13)/t8-/m0/s1. The molecule has 0 fully saturated rings. The van der Waals surface area contributed by atoms with Crippen LogP contribution in [0.15, 0.2) is 12.5 Å². The highest BCUT2D eigenvalue weighted by molar-refractivity contribution is 5.68. The van der Waals surface area contributed by atoms with E-state index in [0.29, 0.717) is 5.69 Å². The number of aliphatic carboxylic acids is 1. The van der Waals surface area contributed by atoms with Gasteiger partial charge in [-0.25, -0.2) is 4.98 Å². The van der Waals surface area contributed by atoms with Crippen LogP contribution in [0, 0.1) is 0 Å². The number of rotatable bonds is 3. The van der Waals surface area contributed by atoms with Crippen molar-refractivity contribution in [3.8, 4) is 0 Å². The number of carboxylic acids is 1. The van der Waals surface area contributed by atoms with Gasteiger partial charge in [-0.1, -0.05) is 0 Å². The molecule has 1 heterocycles. The Labute approximate surface area is 76.2 Å². The van der Waals surface area contributed by atoms with E-state index in [-0.39, 0.29) is 6.42 Å². The highest BCUT2D eigenvalue weighted by atomic mass is 16.4. The van der Waals surface area contributed by atoms with E-state index in [0.717, 1.165) is 0 Å². The molecule has 0 bridgehead atoms. The fraction of sp³-hybridized carbons (Fsp3) is 0.500. The first kappa shape index (κ1) is 9.73. The van der Waals surface area contributed by atoms with E-state index < -0.39 is 11.5 Å². The van der Waals surface area contributed by atoms with E-state index in [2.05, 4.69) is 4.98 Å². The predicted molar refractivity (Wildman–Crippen MR) is 47.0 cm³/mol. The molecule has 5 nitrogen and oxygen atoms in total. The van der Waals surface area contributed by atoms with Crippen molar-refractivity contribution in [2.45, 2.75) is 18.9 Å². The van der Waals surface area contributed by atoms with Crippen LogP contribution < -0.4 is 5.73 Å². The molecule has 0 aromatic carbocycles. The Kier molecular flexibility index (Phi) is 2.38. The molecule has 0 amide bonds. The van der Waals surface area contributed by atoms with Gasteiger partial charge in [0.15, 0.2) is 0 Å². The van der Waals surface area contributed by atoms with Crippen molar-refractivity contribution >= 4 is 5.97 Å². The second-order valence-electron chi connectivity index (χ2n) is 3.41. The Morgan fingerprint density at radius 2 is 2.46 bits per heavy atom. The third kappa shape index (κ3) is 2.29. The van der Waals surface area contributed by atoms with Gasteiger partial charge in [0.1, 0.15) is 0 Å². The minimum absolute atomic E-state index is 0.121. The monoisotopic (exact) mass is 183 g/mol. The van der Waals surface area contributed by atoms with Crippen molar-refractivity contribution in [1.82, 2.24) is 9.55 Å². The number of imidazole rings is 1. The molecule has 3 N–H and O–H groups in total. The average Bonchev–Trinajstić information content (AvgIpc) is 2.32. The Morgan fingerprint density at radius 3 is 2.85 bits per heavy atom. The van der Waals surface area contributed by atoms with E-state index >= 15 is 0 Å². The Hall–Kier alpha value is -1.36. The van der Waals surface area contributed by atoms with Gasteiger partial charge in [0, 0.05) is 13.2 Å². The minimum Gasteiger partial charge on any atom is -0.481 e. The molecular formula is C8H13N3O2. The van der Waals surface area contributed by atoms with Crippen LogP contribution in [0.5, 0.6) is 0 Å². The largest absolute Gasteiger partial charge is 0.481 e. The van der Waals surface area contributed by atoms with Crippen LogP contribution in [0.2, 0.25) is 0 Å². The van der Waals surface area contributed by atoms with Crippen LogP contribution in [-0.4, -0.2) is 20.6 Å². The highest BCUT2D eigenvalue weighted by Gasteiger charge is 2.26. The van der Waals surface area contributed by atoms with E-state index in [1.165, 1.54) is 0 Å². The predicted octanol–water partition coefficient (Wildman–Crippen LogP) is 0.0687. The van der Waals surface area contributed by atoms with Crippen molar-refractivity contribution in [3.63, 3.8) is 0 Å². The summed E-state index contributed by atoms with van der Waals surface area (Å²) in [6.45, 7) is 1.66. The second kappa shape index (κ2) is 3.18. The van der Waals surface area contributed by atoms with E-state index in [1.807, 2.05) is 7.05 Å². The Bertz CT molecular complexity index is 317. The maximum absolute atomic E-state index is 10.5. The van der Waals surface area contributed by atoms with Crippen LogP contribution >= 0.6 is 0 Å². The summed E-state index contributed by atoms with van der Waals surface area (Å²) in [5.74, 6) is -0.921. The lowest BCUT2D eigenvalue weighted by Crippen LogP contribution is -2.35. The maximum atomic E-state index is 10.5. The molecule has 0 saturated heterocycles. The molecule has 1 aromatic heterocycles. The molecule has 1 atom stereocenters. The van der Waals surface area contributed by atoms with Gasteiger partial charge in [0.05, 0.1) is 24.0 Å². The van der Waals surface area contributed by atoms with E-state index in [4.69, 9.17) is 10.8 Å². The van der Waals surface area contributed by atoms with Crippen LogP contribution in [-0.2, 0) is 17.4 Å². The summed E-state index contributed by atoms with van der Waals surface area (Å²) in [7, 11) is 1.81. The number of hydrogen-bond donors (Lipinski definition) is 2. The number of aryl methyl sites for hydroxylation is 1. The van der Waals surface area contributed by atoms with E-state index in [9.17, 15) is 4.79 Å². The summed E-state index contributed by atoms with van der Waals surface area (Å²) in [6, 6.07) is 0. The summed E-state index contributed by atoms with van der Waals surface area (Å²) >= 11 is 0. The fourth-order valence-corrected chi connectivity index (χ4v) is 1.11. The zero-order valence-corrected chi connectivity index (χ0v) is 7.69. The summed E-state index contributed by atoms with van der Waals surface area (Å²) in [4.78, 5) is 14.5. The van der Waals surface area contributed by atoms with Crippen molar-refractivity contribution in [1.29, 1.82) is 0 Å². The van der Waals surface area contributed by atoms with Crippen molar-refractivity contribution < 1.29 is 9.90 Å². The topological polar surface area (TPSA) is 81.1 Å². The quantitative estimate of drug-likeness (QED) is 0.694. The number of nitrogens with two attached hydrogens (primary N) is 1. The zero-order chi connectivity index (χ0) is 10.1. The average molecular weight is 183 g/mol. The zero-order valence-electron chi connectivity index (χ0n) is 7.69. The molecule has 0 saturated carbocycles. The number of hydrogen-bond acceptors (Lipinski definition) is 3. The van der Waals surface area contributed by atoms with Gasteiger partial charge in [-0.15, -0.1) is 0 Å². The molecule has 5 heteroatoms. The highest BCUT2D eigenvalue weighted by Crippen LogP contribution is 2.18. The lowest BCUT2D eigenvalue weighted by atomic mass is 9.96. The molecule has 0 spiro atoms. The number of aromatic nitrogens is 2. The molecule has 72 valence electrons. The lowest BCUT2D eigenvalue weighted by Gasteiger charge is -2.19. The second-order valence-corrected chi connectivity index (χ2v) is 3.41. The van der Waals surface area contributed by atoms with Gasteiger partial charge in [0.25, 0.3) is 0 Å². The molecule has 1 aromatic rings. The van der Waals surface area contributed by atoms with Gasteiger partial charge >= 0.3 is 5.97 Å². The molecule has 0 unspecified atom stereocenters. The molecule has 0 aliphatic carbocycles. The SMILES string of the molecule is Cn1cnc([C@@](C)(N)CC(=O)O)c1. The van der Waals surface area contributed by atoms with Crippen molar-refractivity contribution in [2.75, 3.05) is 0 Å². The van der Waals surface area contributed by atoms with Gasteiger partial charge in [-0.05, 0) is 6.92 Å². The van der Waals surface area contributed by atoms with Crippen molar-refractivity contribution in [2.24, 2.45) is 12.8 Å². The number of nitrogens with zero attached hydrogens (tertiary/aromatic N) is 2. The maximum Gasteiger partial charge on any atom is 0.305 e. The molecule has 0 aliphatic rings.